The summed E-state index contributed by atoms with van der Waals surface area (Å²) in [5, 5.41) is 3.35. The van der Waals surface area contributed by atoms with Crippen molar-refractivity contribution in [2.24, 2.45) is 0 Å². The third-order valence-corrected chi connectivity index (χ3v) is 5.69. The highest BCUT2D eigenvalue weighted by atomic mass is 16.5. The molecule has 9 heteroatoms. The predicted molar refractivity (Wildman–Crippen MR) is 124 cm³/mol. The van der Waals surface area contributed by atoms with Gasteiger partial charge in [-0.2, -0.15) is 0 Å². The Kier molecular flexibility index (Phi) is 6.14. The third kappa shape index (κ3) is 4.94. The summed E-state index contributed by atoms with van der Waals surface area (Å²) in [6.07, 6.45) is 3.40. The molecule has 3 aromatic heterocycles. The average molecular weight is 447 g/mol. The van der Waals surface area contributed by atoms with Gasteiger partial charge in [-0.05, 0) is 30.7 Å². The van der Waals surface area contributed by atoms with Gasteiger partial charge in [-0.3, -0.25) is 9.47 Å². The van der Waals surface area contributed by atoms with Crippen molar-refractivity contribution in [1.82, 2.24) is 29.7 Å². The van der Waals surface area contributed by atoms with Crippen molar-refractivity contribution in [3.63, 3.8) is 0 Å². The molecule has 4 aromatic rings. The van der Waals surface area contributed by atoms with Crippen LogP contribution in [0.1, 0.15) is 11.3 Å². The molecule has 170 valence electrons. The van der Waals surface area contributed by atoms with E-state index in [9.17, 15) is 4.79 Å². The van der Waals surface area contributed by atoms with Gasteiger partial charge in [0.25, 0.3) is 0 Å². The van der Waals surface area contributed by atoms with Crippen molar-refractivity contribution < 1.29 is 9.15 Å². The molecule has 0 spiro atoms. The van der Waals surface area contributed by atoms with Gasteiger partial charge in [0, 0.05) is 44.0 Å². The lowest BCUT2D eigenvalue weighted by molar-refractivity contribution is 0.191. The van der Waals surface area contributed by atoms with Gasteiger partial charge >= 0.3 is 5.76 Å². The van der Waals surface area contributed by atoms with Gasteiger partial charge in [0.15, 0.2) is 22.8 Å². The predicted octanol–water partition coefficient (Wildman–Crippen LogP) is 2.09. The highest BCUT2D eigenvalue weighted by Gasteiger charge is 2.13. The van der Waals surface area contributed by atoms with Crippen LogP contribution >= 0.6 is 0 Å². The van der Waals surface area contributed by atoms with Crippen molar-refractivity contribution >= 4 is 11.2 Å². The summed E-state index contributed by atoms with van der Waals surface area (Å²) in [5.74, 6) is 0.833. The van der Waals surface area contributed by atoms with Crippen LogP contribution < -0.4 is 15.8 Å². The number of piperazine rings is 1. The number of hydrogen-bond acceptors (Lipinski definition) is 8. The van der Waals surface area contributed by atoms with Crippen LogP contribution in [0.25, 0.3) is 22.6 Å². The Bertz CT molecular complexity index is 1290. The van der Waals surface area contributed by atoms with E-state index < -0.39 is 5.76 Å². The number of nitrogens with zero attached hydrogens (tertiary/aromatic N) is 5. The van der Waals surface area contributed by atoms with Crippen LogP contribution in [0.4, 0.5) is 0 Å². The van der Waals surface area contributed by atoms with Crippen molar-refractivity contribution in [2.45, 2.75) is 13.5 Å². The van der Waals surface area contributed by atoms with Gasteiger partial charge < -0.3 is 14.5 Å². The van der Waals surface area contributed by atoms with Crippen molar-refractivity contribution in [1.29, 1.82) is 0 Å². The molecule has 1 aromatic carbocycles. The number of hydrogen-bond donors (Lipinski definition) is 1. The lowest BCUT2D eigenvalue weighted by atomic mass is 10.1. The largest absolute Gasteiger partial charge is 0.489 e. The van der Waals surface area contributed by atoms with Gasteiger partial charge in [0.2, 0.25) is 0 Å². The van der Waals surface area contributed by atoms with Crippen LogP contribution in [0.5, 0.6) is 5.75 Å². The molecule has 1 aliphatic heterocycles. The highest BCUT2D eigenvalue weighted by molar-refractivity contribution is 5.68. The monoisotopic (exact) mass is 446 g/mol. The summed E-state index contributed by atoms with van der Waals surface area (Å²) in [5.41, 5.74) is 3.65. The van der Waals surface area contributed by atoms with E-state index in [4.69, 9.17) is 9.15 Å². The number of ether oxygens (including phenoxy) is 1. The molecule has 0 radical (unpaired) electrons. The van der Waals surface area contributed by atoms with E-state index in [1.807, 2.05) is 37.3 Å². The second-order valence-electron chi connectivity index (χ2n) is 8.11. The van der Waals surface area contributed by atoms with Gasteiger partial charge in [0.1, 0.15) is 6.61 Å². The number of nitrogens with one attached hydrogen (secondary N) is 1. The Labute approximate surface area is 191 Å². The molecule has 0 atom stereocenters. The fraction of sp³-hybridized carbons (Fsp3) is 0.333. The van der Waals surface area contributed by atoms with E-state index in [1.165, 1.54) is 4.57 Å². The first-order chi connectivity index (χ1) is 16.2. The van der Waals surface area contributed by atoms with E-state index >= 15 is 0 Å². The zero-order valence-corrected chi connectivity index (χ0v) is 18.5. The van der Waals surface area contributed by atoms with Crippen LogP contribution in [-0.4, -0.2) is 63.7 Å². The van der Waals surface area contributed by atoms with E-state index in [2.05, 4.69) is 25.2 Å². The molecule has 0 bridgehead atoms. The van der Waals surface area contributed by atoms with Crippen LogP contribution in [-0.2, 0) is 6.54 Å². The molecule has 0 aliphatic carbocycles. The molecule has 0 unspecified atom stereocenters. The summed E-state index contributed by atoms with van der Waals surface area (Å²) < 4.78 is 12.7. The number of aryl methyl sites for hydroxylation is 1. The zero-order chi connectivity index (χ0) is 22.6. The lowest BCUT2D eigenvalue weighted by Crippen LogP contribution is -2.44. The Morgan fingerprint density at radius 3 is 2.76 bits per heavy atom. The molecule has 5 rings (SSSR count). The van der Waals surface area contributed by atoms with Crippen molar-refractivity contribution in [2.75, 3.05) is 39.3 Å². The average Bonchev–Trinajstić information content (AvgIpc) is 3.15. The molecule has 9 nitrogen and oxygen atoms in total. The third-order valence-electron chi connectivity index (χ3n) is 5.69. The molecular formula is C24H26N6O3. The summed E-state index contributed by atoms with van der Waals surface area (Å²) in [6.45, 7) is 7.89. The Hall–Kier alpha value is -3.56. The van der Waals surface area contributed by atoms with Crippen molar-refractivity contribution in [3.8, 4) is 17.1 Å². The Morgan fingerprint density at radius 2 is 1.94 bits per heavy atom. The molecule has 1 fully saturated rings. The Morgan fingerprint density at radius 1 is 1.12 bits per heavy atom. The molecular weight excluding hydrogens is 420 g/mol. The number of benzene rings is 1. The van der Waals surface area contributed by atoms with Crippen LogP contribution in [0.2, 0.25) is 0 Å². The highest BCUT2D eigenvalue weighted by Crippen LogP contribution is 2.20. The molecule has 33 heavy (non-hydrogen) atoms. The fourth-order valence-electron chi connectivity index (χ4n) is 3.94. The van der Waals surface area contributed by atoms with E-state index in [1.54, 1.807) is 18.5 Å². The maximum Gasteiger partial charge on any atom is 0.421 e. The maximum absolute atomic E-state index is 12.3. The van der Waals surface area contributed by atoms with Gasteiger partial charge in [-0.15, -0.1) is 0 Å². The lowest BCUT2D eigenvalue weighted by Gasteiger charge is -2.26. The minimum atomic E-state index is -0.424. The number of rotatable bonds is 7. The first-order valence-electron chi connectivity index (χ1n) is 11.1. The Balaban J connectivity index is 1.27. The van der Waals surface area contributed by atoms with Gasteiger partial charge in [-0.1, -0.05) is 18.2 Å². The fourth-order valence-corrected chi connectivity index (χ4v) is 3.94. The molecule has 0 amide bonds. The smallest absolute Gasteiger partial charge is 0.421 e. The van der Waals surface area contributed by atoms with Crippen LogP contribution in [0.3, 0.4) is 0 Å². The minimum Gasteiger partial charge on any atom is -0.489 e. The van der Waals surface area contributed by atoms with Crippen molar-refractivity contribution in [3.05, 3.63) is 70.6 Å². The SMILES string of the molecule is Cc1ccc2oc(=O)n(Cc3cccc(-c4ncc(OCCN5CCNCC5)cn4)c3)c2n1. The number of aromatic nitrogens is 4. The molecule has 4 heterocycles. The number of pyridine rings is 1. The molecule has 0 saturated carbocycles. The second kappa shape index (κ2) is 9.51. The van der Waals surface area contributed by atoms with Crippen LogP contribution in [0.15, 0.2) is 58.0 Å². The minimum absolute atomic E-state index is 0.351. The zero-order valence-electron chi connectivity index (χ0n) is 18.5. The topological polar surface area (TPSA) is 98.3 Å². The van der Waals surface area contributed by atoms with Gasteiger partial charge in [0.05, 0.1) is 18.9 Å². The van der Waals surface area contributed by atoms with Gasteiger partial charge in [-0.25, -0.2) is 19.7 Å². The summed E-state index contributed by atoms with van der Waals surface area (Å²) in [6, 6.07) is 11.4. The number of oxazole rings is 1. The van der Waals surface area contributed by atoms with E-state index in [0.29, 0.717) is 36.0 Å². The second-order valence-corrected chi connectivity index (χ2v) is 8.11. The normalized spacial score (nSPS) is 14.6. The van der Waals surface area contributed by atoms with E-state index in [-0.39, 0.29) is 0 Å². The standard InChI is InChI=1S/C24H26N6O3/c1-17-5-6-21-23(28-17)30(24(31)33-21)16-18-3-2-4-19(13-18)22-26-14-20(15-27-22)32-12-11-29-9-7-25-8-10-29/h2-6,13-15,25H,7-12,16H2,1H3. The molecule has 1 saturated heterocycles. The quantitative estimate of drug-likeness (QED) is 0.461. The summed E-state index contributed by atoms with van der Waals surface area (Å²) in [4.78, 5) is 28.1. The summed E-state index contributed by atoms with van der Waals surface area (Å²) >= 11 is 0. The van der Waals surface area contributed by atoms with E-state index in [0.717, 1.165) is 49.5 Å². The van der Waals surface area contributed by atoms with Crippen LogP contribution in [0, 0.1) is 6.92 Å². The first-order valence-corrected chi connectivity index (χ1v) is 11.1. The molecule has 1 aliphatic rings. The maximum atomic E-state index is 12.3. The molecule has 1 N–H and O–H groups in total. The number of fused-ring (bicyclic) bond motifs is 1. The first kappa shape index (κ1) is 21.3. The summed E-state index contributed by atoms with van der Waals surface area (Å²) in [7, 11) is 0.